The smallest absolute Gasteiger partial charge is 0.343 e. The summed E-state index contributed by atoms with van der Waals surface area (Å²) in [5, 5.41) is 7.99. The van der Waals surface area contributed by atoms with E-state index >= 15 is 0 Å². The third-order valence-electron chi connectivity index (χ3n) is 4.03. The average molecular weight is 533 g/mol. The number of halogens is 2. The molecule has 6 nitrogen and oxygen atoms in total. The number of hydrogen-bond acceptors (Lipinski definition) is 5. The number of ether oxygens (including phenoxy) is 2. The Hall–Kier alpha value is -2.94. The van der Waals surface area contributed by atoms with Crippen LogP contribution in [0.2, 0.25) is 5.02 Å². The number of hydrazone groups is 1. The van der Waals surface area contributed by atoms with E-state index in [1.807, 2.05) is 19.1 Å². The number of carbonyl (C=O) groups excluding carboxylic acids is 1. The van der Waals surface area contributed by atoms with Crippen LogP contribution < -0.4 is 20.2 Å². The van der Waals surface area contributed by atoms with E-state index in [2.05, 4.69) is 31.8 Å². The van der Waals surface area contributed by atoms with Crippen LogP contribution >= 0.6 is 39.7 Å². The molecule has 3 aromatic carbocycles. The van der Waals surface area contributed by atoms with E-state index in [1.54, 1.807) is 54.6 Å². The second kappa shape index (κ2) is 11.6. The molecule has 9 heteroatoms. The zero-order valence-electron chi connectivity index (χ0n) is 17.0. The van der Waals surface area contributed by atoms with Crippen molar-refractivity contribution in [3.63, 3.8) is 0 Å². The van der Waals surface area contributed by atoms with Crippen molar-refractivity contribution in [1.82, 2.24) is 5.43 Å². The van der Waals surface area contributed by atoms with Gasteiger partial charge in [-0.1, -0.05) is 33.6 Å². The number of anilines is 1. The van der Waals surface area contributed by atoms with E-state index in [0.29, 0.717) is 34.3 Å². The number of nitrogens with zero attached hydrogens (tertiary/aromatic N) is 1. The molecule has 0 bridgehead atoms. The lowest BCUT2D eigenvalue weighted by molar-refractivity contribution is 0.0734. The Morgan fingerprint density at radius 2 is 1.94 bits per heavy atom. The highest BCUT2D eigenvalue weighted by atomic mass is 79.9. The van der Waals surface area contributed by atoms with Crippen molar-refractivity contribution in [1.29, 1.82) is 0 Å². The first kappa shape index (κ1) is 23.7. The maximum atomic E-state index is 12.6. The molecule has 164 valence electrons. The van der Waals surface area contributed by atoms with Crippen molar-refractivity contribution in [2.75, 3.05) is 11.9 Å². The van der Waals surface area contributed by atoms with Crippen LogP contribution in [0.4, 0.5) is 5.69 Å². The Bertz CT molecular complexity index is 1140. The standard InChI is InChI=1S/C23H19BrClN3O3S/c1-2-30-20-9-6-15(7-10-20)22(29)31-21-11-8-17(24)12-16(21)14-26-28-23(32)27-19-5-3-4-18(25)13-19/h3-14H,2H2,1H3,(H2,27,28,32). The number of rotatable bonds is 7. The van der Waals surface area contributed by atoms with Gasteiger partial charge in [0, 0.05) is 20.7 Å². The van der Waals surface area contributed by atoms with Crippen LogP contribution in [0.15, 0.2) is 76.3 Å². The predicted octanol–water partition coefficient (Wildman–Crippen LogP) is 6.04. The molecule has 0 unspecified atom stereocenters. The molecule has 3 rings (SSSR count). The van der Waals surface area contributed by atoms with Gasteiger partial charge in [0.25, 0.3) is 0 Å². The Balaban J connectivity index is 1.66. The summed E-state index contributed by atoms with van der Waals surface area (Å²) in [5.74, 6) is 0.552. The predicted molar refractivity (Wildman–Crippen MR) is 135 cm³/mol. The molecule has 0 aromatic heterocycles. The van der Waals surface area contributed by atoms with Gasteiger partial charge in [0.2, 0.25) is 0 Å². The topological polar surface area (TPSA) is 72.0 Å². The summed E-state index contributed by atoms with van der Waals surface area (Å²) in [6, 6.07) is 19.1. The third kappa shape index (κ3) is 7.05. The van der Waals surface area contributed by atoms with Crippen LogP contribution in [0.1, 0.15) is 22.8 Å². The maximum Gasteiger partial charge on any atom is 0.343 e. The van der Waals surface area contributed by atoms with Crippen molar-refractivity contribution < 1.29 is 14.3 Å². The van der Waals surface area contributed by atoms with Crippen LogP contribution in [0.25, 0.3) is 0 Å². The number of thiocarbonyl (C=S) groups is 1. The van der Waals surface area contributed by atoms with E-state index in [1.165, 1.54) is 6.21 Å². The van der Waals surface area contributed by atoms with Crippen LogP contribution in [-0.4, -0.2) is 23.9 Å². The fourth-order valence-electron chi connectivity index (χ4n) is 2.61. The Morgan fingerprint density at radius 1 is 1.16 bits per heavy atom. The van der Waals surface area contributed by atoms with Gasteiger partial charge in [-0.2, -0.15) is 5.10 Å². The number of carbonyl (C=O) groups is 1. The Labute approximate surface area is 204 Å². The van der Waals surface area contributed by atoms with E-state index in [9.17, 15) is 4.79 Å². The fraction of sp³-hybridized carbons (Fsp3) is 0.0870. The number of hydrogen-bond donors (Lipinski definition) is 2. The monoisotopic (exact) mass is 531 g/mol. The summed E-state index contributed by atoms with van der Waals surface area (Å²) in [5.41, 5.74) is 4.45. The molecule has 0 saturated heterocycles. The minimum Gasteiger partial charge on any atom is -0.494 e. The van der Waals surface area contributed by atoms with Crippen LogP contribution in [-0.2, 0) is 0 Å². The van der Waals surface area contributed by atoms with E-state index < -0.39 is 5.97 Å². The summed E-state index contributed by atoms with van der Waals surface area (Å²) in [7, 11) is 0. The van der Waals surface area contributed by atoms with Crippen LogP contribution in [0.3, 0.4) is 0 Å². The number of esters is 1. The molecule has 0 saturated carbocycles. The molecule has 0 heterocycles. The molecule has 0 aliphatic rings. The lowest BCUT2D eigenvalue weighted by Crippen LogP contribution is -2.23. The molecule has 0 aliphatic carbocycles. The summed E-state index contributed by atoms with van der Waals surface area (Å²) in [6.45, 7) is 2.45. The molecule has 2 N–H and O–H groups in total. The minimum absolute atomic E-state index is 0.284. The fourth-order valence-corrected chi connectivity index (χ4v) is 3.35. The van der Waals surface area contributed by atoms with Crippen molar-refractivity contribution in [3.8, 4) is 11.5 Å². The first-order valence-electron chi connectivity index (χ1n) is 9.55. The second-order valence-corrected chi connectivity index (χ2v) is 8.12. The summed E-state index contributed by atoms with van der Waals surface area (Å²) >= 11 is 14.6. The molecule has 0 spiro atoms. The zero-order chi connectivity index (χ0) is 22.9. The molecule has 32 heavy (non-hydrogen) atoms. The van der Waals surface area contributed by atoms with Gasteiger partial charge in [0.05, 0.1) is 18.4 Å². The SMILES string of the molecule is CCOc1ccc(C(=O)Oc2ccc(Br)cc2C=NNC(=S)Nc2cccc(Cl)c2)cc1. The molecule has 3 aromatic rings. The molecular formula is C23H19BrClN3O3S. The highest BCUT2D eigenvalue weighted by molar-refractivity contribution is 9.10. The number of nitrogens with one attached hydrogen (secondary N) is 2. The Kier molecular flexibility index (Phi) is 8.61. The molecule has 0 atom stereocenters. The van der Waals surface area contributed by atoms with Gasteiger partial charge >= 0.3 is 5.97 Å². The summed E-state index contributed by atoms with van der Waals surface area (Å²) < 4.78 is 11.8. The molecule has 0 aliphatic heterocycles. The normalized spacial score (nSPS) is 10.6. The largest absolute Gasteiger partial charge is 0.494 e. The summed E-state index contributed by atoms with van der Waals surface area (Å²) in [4.78, 5) is 12.6. The number of benzene rings is 3. The van der Waals surface area contributed by atoms with Crippen molar-refractivity contribution in [3.05, 3.63) is 87.4 Å². The molecule has 0 amide bonds. The van der Waals surface area contributed by atoms with Crippen LogP contribution in [0.5, 0.6) is 11.5 Å². The van der Waals surface area contributed by atoms with Crippen molar-refractivity contribution in [2.24, 2.45) is 5.10 Å². The minimum atomic E-state index is -0.490. The zero-order valence-corrected chi connectivity index (χ0v) is 20.1. The van der Waals surface area contributed by atoms with Crippen LogP contribution in [0, 0.1) is 0 Å². The van der Waals surface area contributed by atoms with Crippen molar-refractivity contribution >= 4 is 62.7 Å². The van der Waals surface area contributed by atoms with Gasteiger partial charge in [-0.15, -0.1) is 0 Å². The molecule has 0 fully saturated rings. The van der Waals surface area contributed by atoms with E-state index in [0.717, 1.165) is 10.2 Å². The highest BCUT2D eigenvalue weighted by Gasteiger charge is 2.12. The Morgan fingerprint density at radius 3 is 2.66 bits per heavy atom. The van der Waals surface area contributed by atoms with E-state index in [4.69, 9.17) is 33.3 Å². The second-order valence-electron chi connectivity index (χ2n) is 6.36. The highest BCUT2D eigenvalue weighted by Crippen LogP contribution is 2.23. The van der Waals surface area contributed by atoms with Gasteiger partial charge in [0.15, 0.2) is 5.11 Å². The average Bonchev–Trinajstić information content (AvgIpc) is 2.76. The third-order valence-corrected chi connectivity index (χ3v) is 4.95. The first-order valence-corrected chi connectivity index (χ1v) is 11.1. The first-order chi connectivity index (χ1) is 15.4. The van der Waals surface area contributed by atoms with Gasteiger partial charge in [-0.25, -0.2) is 4.79 Å². The quantitative estimate of drug-likeness (QED) is 0.127. The molecule has 0 radical (unpaired) electrons. The lowest BCUT2D eigenvalue weighted by atomic mass is 10.2. The van der Waals surface area contributed by atoms with E-state index in [-0.39, 0.29) is 5.11 Å². The van der Waals surface area contributed by atoms with Gasteiger partial charge in [-0.05, 0) is 79.8 Å². The van der Waals surface area contributed by atoms with Gasteiger partial charge in [-0.3, -0.25) is 5.43 Å². The molecular weight excluding hydrogens is 514 g/mol. The van der Waals surface area contributed by atoms with Gasteiger partial charge < -0.3 is 14.8 Å². The summed E-state index contributed by atoms with van der Waals surface area (Å²) in [6.07, 6.45) is 1.51. The van der Waals surface area contributed by atoms with Crippen molar-refractivity contribution in [2.45, 2.75) is 6.92 Å². The maximum absolute atomic E-state index is 12.6. The lowest BCUT2D eigenvalue weighted by Gasteiger charge is -2.09. The van der Waals surface area contributed by atoms with Gasteiger partial charge in [0.1, 0.15) is 11.5 Å².